The number of nitrogens with zero attached hydrogens (tertiary/aromatic N) is 5. The predicted molar refractivity (Wildman–Crippen MR) is 142 cm³/mol. The molecule has 0 unspecified atom stereocenters. The second-order valence-corrected chi connectivity index (χ2v) is 11.5. The van der Waals surface area contributed by atoms with Crippen LogP contribution in [0.3, 0.4) is 0 Å². The fourth-order valence-electron chi connectivity index (χ4n) is 6.58. The van der Waals surface area contributed by atoms with Gasteiger partial charge < -0.3 is 15.3 Å². The van der Waals surface area contributed by atoms with Gasteiger partial charge in [-0.3, -0.25) is 4.79 Å². The Bertz CT molecular complexity index is 1020. The Morgan fingerprint density at radius 3 is 2.50 bits per heavy atom. The molecule has 2 saturated carbocycles. The van der Waals surface area contributed by atoms with E-state index < -0.39 is 0 Å². The first kappa shape index (κ1) is 25.4. The van der Waals surface area contributed by atoms with Crippen LogP contribution in [-0.2, 0) is 4.79 Å². The average molecular weight is 497 g/mol. The van der Waals surface area contributed by atoms with Crippen LogP contribution in [0.15, 0.2) is 6.20 Å². The highest BCUT2D eigenvalue weighted by Gasteiger charge is 2.33. The lowest BCUT2D eigenvalue weighted by Gasteiger charge is -2.34. The Morgan fingerprint density at radius 2 is 1.81 bits per heavy atom. The molecule has 1 aliphatic heterocycles. The lowest BCUT2D eigenvalue weighted by molar-refractivity contribution is -0.137. The second-order valence-electron chi connectivity index (χ2n) is 11.5. The Balaban J connectivity index is 1.36. The lowest BCUT2D eigenvalue weighted by Crippen LogP contribution is -2.42. The number of fused-ring (bicyclic) bond motifs is 1. The number of piperidine rings is 1. The first-order valence-corrected chi connectivity index (χ1v) is 14.5. The summed E-state index contributed by atoms with van der Waals surface area (Å²) in [6.45, 7) is 6.00. The molecule has 2 N–H and O–H groups in total. The third kappa shape index (κ3) is 5.53. The van der Waals surface area contributed by atoms with Crippen molar-refractivity contribution in [3.05, 3.63) is 11.9 Å². The number of aliphatic hydroxyl groups excluding tert-OH is 1. The number of amides is 1. The molecule has 1 saturated heterocycles. The number of aliphatic hydroxyl groups is 1. The summed E-state index contributed by atoms with van der Waals surface area (Å²) in [5, 5.41) is 19.7. The number of hydrogen-bond donors (Lipinski definition) is 2. The van der Waals surface area contributed by atoms with Gasteiger partial charge >= 0.3 is 0 Å². The van der Waals surface area contributed by atoms with Crippen molar-refractivity contribution in [1.82, 2.24) is 24.6 Å². The van der Waals surface area contributed by atoms with Gasteiger partial charge in [-0.25, -0.2) is 9.67 Å². The van der Waals surface area contributed by atoms with E-state index in [2.05, 4.69) is 33.7 Å². The summed E-state index contributed by atoms with van der Waals surface area (Å²) in [6.07, 6.45) is 15.1. The molecule has 198 valence electrons. The normalized spacial score (nSPS) is 25.2. The van der Waals surface area contributed by atoms with E-state index in [1.165, 1.54) is 19.3 Å². The van der Waals surface area contributed by atoms with Gasteiger partial charge in [-0.2, -0.15) is 10.1 Å². The van der Waals surface area contributed by atoms with Crippen molar-refractivity contribution in [3.63, 3.8) is 0 Å². The molecular formula is C28H44N6O2. The number of hydrogen-bond acceptors (Lipinski definition) is 6. The fraction of sp³-hybridized carbons (Fsp3) is 0.786. The zero-order valence-electron chi connectivity index (χ0n) is 22.2. The van der Waals surface area contributed by atoms with Gasteiger partial charge in [0, 0.05) is 37.2 Å². The van der Waals surface area contributed by atoms with Crippen LogP contribution < -0.4 is 5.32 Å². The third-order valence-electron chi connectivity index (χ3n) is 8.73. The summed E-state index contributed by atoms with van der Waals surface area (Å²) in [6, 6.07) is 0.576. The van der Waals surface area contributed by atoms with E-state index in [4.69, 9.17) is 10.1 Å². The first-order chi connectivity index (χ1) is 17.5. The van der Waals surface area contributed by atoms with Gasteiger partial charge in [-0.05, 0) is 64.7 Å². The molecular weight excluding hydrogens is 452 g/mol. The van der Waals surface area contributed by atoms with Gasteiger partial charge in [0.15, 0.2) is 5.65 Å². The van der Waals surface area contributed by atoms with Crippen molar-refractivity contribution in [1.29, 1.82) is 0 Å². The first-order valence-electron chi connectivity index (χ1n) is 14.5. The van der Waals surface area contributed by atoms with Crippen LogP contribution in [0.2, 0.25) is 0 Å². The topological polar surface area (TPSA) is 96.2 Å². The maximum absolute atomic E-state index is 13.1. The Kier molecular flexibility index (Phi) is 8.09. The number of rotatable bonds is 7. The summed E-state index contributed by atoms with van der Waals surface area (Å²) in [4.78, 5) is 24.8. The third-order valence-corrected chi connectivity index (χ3v) is 8.73. The number of likely N-dealkylation sites (tertiary alicyclic amines) is 1. The highest BCUT2D eigenvalue weighted by atomic mass is 16.3. The van der Waals surface area contributed by atoms with Crippen LogP contribution in [0, 0.1) is 5.92 Å². The van der Waals surface area contributed by atoms with E-state index >= 15 is 0 Å². The van der Waals surface area contributed by atoms with Crippen molar-refractivity contribution in [3.8, 4) is 0 Å². The zero-order chi connectivity index (χ0) is 25.1. The molecule has 8 heteroatoms. The Morgan fingerprint density at radius 1 is 1.08 bits per heavy atom. The molecule has 0 bridgehead atoms. The van der Waals surface area contributed by atoms with E-state index in [0.29, 0.717) is 23.8 Å². The number of carbonyl (C=O) groups excluding carboxylic acids is 1. The van der Waals surface area contributed by atoms with Crippen LogP contribution >= 0.6 is 0 Å². The fourth-order valence-corrected chi connectivity index (χ4v) is 6.58. The van der Waals surface area contributed by atoms with Gasteiger partial charge in [-0.15, -0.1) is 0 Å². The van der Waals surface area contributed by atoms with Crippen LogP contribution in [0.4, 0.5) is 5.95 Å². The molecule has 2 aromatic heterocycles. The number of anilines is 1. The van der Waals surface area contributed by atoms with Crippen molar-refractivity contribution in [2.45, 2.75) is 121 Å². The standard InChI is InChI=1S/C28H44N6O2/c1-3-7-19(2)30-28-29-18-24-25(32-34(26(24)31-28)22-10-12-23(35)13-11-22)20-14-16-33(17-15-20)27(36)21-8-5-4-6-9-21/h18-23,35H,3-17H2,1-2H3,(H,29,30,31)/t19-,22?,23?/m0/s1. The summed E-state index contributed by atoms with van der Waals surface area (Å²) >= 11 is 0. The van der Waals surface area contributed by atoms with Gasteiger partial charge in [0.25, 0.3) is 0 Å². The summed E-state index contributed by atoms with van der Waals surface area (Å²) in [5.41, 5.74) is 2.00. The van der Waals surface area contributed by atoms with Gasteiger partial charge in [-0.1, -0.05) is 32.6 Å². The molecule has 1 atom stereocenters. The molecule has 1 amide bonds. The molecule has 2 aliphatic carbocycles. The molecule has 0 aromatic carbocycles. The molecule has 0 radical (unpaired) electrons. The molecule has 3 aliphatic rings. The van der Waals surface area contributed by atoms with Crippen LogP contribution in [0.5, 0.6) is 0 Å². The van der Waals surface area contributed by atoms with Gasteiger partial charge in [0.2, 0.25) is 11.9 Å². The van der Waals surface area contributed by atoms with Crippen LogP contribution in [0.25, 0.3) is 11.0 Å². The van der Waals surface area contributed by atoms with E-state index in [0.717, 1.165) is 94.0 Å². The minimum atomic E-state index is -0.199. The monoisotopic (exact) mass is 496 g/mol. The SMILES string of the molecule is CCC[C@H](C)Nc1ncc2c(C3CCN(C(=O)C4CCCCC4)CC3)nn(C3CCC(O)CC3)c2n1. The van der Waals surface area contributed by atoms with Crippen LogP contribution in [-0.4, -0.2) is 60.9 Å². The number of aromatic nitrogens is 4. The number of carbonyl (C=O) groups is 1. The van der Waals surface area contributed by atoms with Crippen molar-refractivity contribution < 1.29 is 9.90 Å². The van der Waals surface area contributed by atoms with Crippen molar-refractivity contribution >= 4 is 22.9 Å². The smallest absolute Gasteiger partial charge is 0.225 e. The quantitative estimate of drug-likeness (QED) is 0.548. The molecule has 3 heterocycles. The molecule has 2 aromatic rings. The van der Waals surface area contributed by atoms with Crippen molar-refractivity contribution in [2.24, 2.45) is 5.92 Å². The summed E-state index contributed by atoms with van der Waals surface area (Å²) in [5.74, 6) is 1.61. The second kappa shape index (κ2) is 11.4. The molecule has 8 nitrogen and oxygen atoms in total. The molecule has 3 fully saturated rings. The predicted octanol–water partition coefficient (Wildman–Crippen LogP) is 5.19. The largest absolute Gasteiger partial charge is 0.393 e. The molecule has 0 spiro atoms. The maximum Gasteiger partial charge on any atom is 0.225 e. The van der Waals surface area contributed by atoms with E-state index in [9.17, 15) is 9.90 Å². The lowest BCUT2D eigenvalue weighted by atomic mass is 9.86. The van der Waals surface area contributed by atoms with Crippen LogP contribution in [0.1, 0.15) is 115 Å². The number of nitrogens with one attached hydrogen (secondary N) is 1. The highest BCUT2D eigenvalue weighted by molar-refractivity contribution is 5.80. The van der Waals surface area contributed by atoms with Gasteiger partial charge in [0.1, 0.15) is 0 Å². The Labute approximate surface area is 215 Å². The maximum atomic E-state index is 13.1. The average Bonchev–Trinajstić information content (AvgIpc) is 3.28. The van der Waals surface area contributed by atoms with Gasteiger partial charge in [0.05, 0.1) is 23.2 Å². The minimum absolute atomic E-state index is 0.199. The highest BCUT2D eigenvalue weighted by Crippen LogP contribution is 2.37. The summed E-state index contributed by atoms with van der Waals surface area (Å²) in [7, 11) is 0. The molecule has 36 heavy (non-hydrogen) atoms. The van der Waals surface area contributed by atoms with E-state index in [-0.39, 0.29) is 18.1 Å². The van der Waals surface area contributed by atoms with Crippen molar-refractivity contribution in [2.75, 3.05) is 18.4 Å². The van der Waals surface area contributed by atoms with E-state index in [1.807, 2.05) is 6.20 Å². The Hall–Kier alpha value is -2.22. The zero-order valence-corrected chi connectivity index (χ0v) is 22.2. The minimum Gasteiger partial charge on any atom is -0.393 e. The molecule has 5 rings (SSSR count). The van der Waals surface area contributed by atoms with E-state index in [1.54, 1.807) is 0 Å². The summed E-state index contributed by atoms with van der Waals surface area (Å²) < 4.78 is 2.13.